The molecule has 0 unspecified atom stereocenters. The van der Waals surface area contributed by atoms with Gasteiger partial charge < -0.3 is 49.8 Å². The van der Waals surface area contributed by atoms with Crippen molar-refractivity contribution >= 4 is 5.91 Å². The molecule has 0 spiro atoms. The fourth-order valence-corrected chi connectivity index (χ4v) is 4.12. The lowest BCUT2D eigenvalue weighted by Crippen LogP contribution is -2.67. The molecule has 11 nitrogen and oxygen atoms in total. The van der Waals surface area contributed by atoms with Crippen molar-refractivity contribution in [3.63, 3.8) is 0 Å². The summed E-state index contributed by atoms with van der Waals surface area (Å²) in [6.07, 6.45) is -5.02. The molecule has 194 valence electrons. The van der Waals surface area contributed by atoms with Gasteiger partial charge in [-0.15, -0.1) is 0 Å². The van der Waals surface area contributed by atoms with E-state index in [2.05, 4.69) is 12.2 Å². The molecule has 10 atom stereocenters. The molecule has 0 aromatic heterocycles. The van der Waals surface area contributed by atoms with Gasteiger partial charge in [0.05, 0.1) is 12.7 Å². The number of aliphatic hydroxyl groups is 5. The first-order chi connectivity index (χ1) is 15.7. The highest BCUT2D eigenvalue weighted by molar-refractivity contribution is 5.73. The molecule has 33 heavy (non-hydrogen) atoms. The lowest BCUT2D eigenvalue weighted by Gasteiger charge is -2.47. The fourth-order valence-electron chi connectivity index (χ4n) is 4.12. The minimum atomic E-state index is -1.60. The molecule has 0 aliphatic carbocycles. The van der Waals surface area contributed by atoms with Crippen LogP contribution in [0.5, 0.6) is 0 Å². The molecule has 0 bridgehead atoms. The van der Waals surface area contributed by atoms with E-state index in [4.69, 9.17) is 18.9 Å². The van der Waals surface area contributed by atoms with Crippen molar-refractivity contribution in [1.29, 1.82) is 0 Å². The van der Waals surface area contributed by atoms with Crippen LogP contribution < -0.4 is 5.32 Å². The number of carbonyl (C=O) groups is 1. The smallest absolute Gasteiger partial charge is 0.217 e. The number of ether oxygens (including phenoxy) is 4. The van der Waals surface area contributed by atoms with E-state index in [1.807, 2.05) is 0 Å². The van der Waals surface area contributed by atoms with Gasteiger partial charge in [-0.25, -0.2) is 0 Å². The summed E-state index contributed by atoms with van der Waals surface area (Å²) >= 11 is 0. The van der Waals surface area contributed by atoms with Crippen molar-refractivity contribution in [2.75, 3.05) is 13.2 Å². The molecular weight excluding hydrogens is 438 g/mol. The molecule has 2 aliphatic rings. The summed E-state index contributed by atoms with van der Waals surface area (Å²) in [6, 6.07) is -0.976. The third-order valence-electron chi connectivity index (χ3n) is 6.10. The molecule has 0 aromatic rings. The second-order valence-corrected chi connectivity index (χ2v) is 8.86. The van der Waals surface area contributed by atoms with Crippen molar-refractivity contribution in [3.05, 3.63) is 0 Å². The van der Waals surface area contributed by atoms with Gasteiger partial charge in [0.15, 0.2) is 12.6 Å². The summed E-state index contributed by atoms with van der Waals surface area (Å²) in [5, 5.41) is 53.4. The van der Waals surface area contributed by atoms with Crippen LogP contribution in [0.1, 0.15) is 59.3 Å². The highest BCUT2D eigenvalue weighted by Gasteiger charge is 2.51. The minimum absolute atomic E-state index is 0.346. The standard InChI is InChI=1S/C22H41NO10/c1-4-5-6-7-8-9-10-30-21-15(23-13(3)25)20(17(27)14(11-24)32-21)33-22-19(29)18(28)16(26)12(2)31-22/h12,14-22,24,26-29H,4-11H2,1-3H3,(H,23,25)/t12-,14+,15+,16+,17+,18+,19-,20+,21-,22-/m0/s1. The van der Waals surface area contributed by atoms with Crippen molar-refractivity contribution in [2.45, 2.75) is 121 Å². The van der Waals surface area contributed by atoms with Crippen molar-refractivity contribution in [3.8, 4) is 0 Å². The van der Waals surface area contributed by atoms with Gasteiger partial charge in [0.25, 0.3) is 0 Å². The van der Waals surface area contributed by atoms with E-state index in [1.54, 1.807) is 0 Å². The Labute approximate surface area is 195 Å². The fraction of sp³-hybridized carbons (Fsp3) is 0.955. The first-order valence-corrected chi connectivity index (χ1v) is 11.9. The number of carbonyl (C=O) groups excluding carboxylic acids is 1. The summed E-state index contributed by atoms with van der Waals surface area (Å²) in [5.74, 6) is -0.422. The van der Waals surface area contributed by atoms with E-state index in [9.17, 15) is 30.3 Å². The molecule has 0 aromatic carbocycles. The van der Waals surface area contributed by atoms with Crippen LogP contribution in [0.15, 0.2) is 0 Å². The van der Waals surface area contributed by atoms with E-state index < -0.39 is 73.9 Å². The van der Waals surface area contributed by atoms with Gasteiger partial charge in [-0.05, 0) is 13.3 Å². The maximum atomic E-state index is 11.9. The maximum absolute atomic E-state index is 11.9. The second kappa shape index (κ2) is 13.9. The average molecular weight is 480 g/mol. The molecule has 0 radical (unpaired) electrons. The highest BCUT2D eigenvalue weighted by Crippen LogP contribution is 2.29. The van der Waals surface area contributed by atoms with E-state index in [0.29, 0.717) is 6.61 Å². The van der Waals surface area contributed by atoms with Crippen molar-refractivity contribution in [1.82, 2.24) is 5.32 Å². The second-order valence-electron chi connectivity index (χ2n) is 8.86. The third kappa shape index (κ3) is 7.81. The summed E-state index contributed by atoms with van der Waals surface area (Å²) in [4.78, 5) is 11.9. The van der Waals surface area contributed by atoms with Gasteiger partial charge in [-0.1, -0.05) is 39.0 Å². The van der Waals surface area contributed by atoms with Gasteiger partial charge in [-0.3, -0.25) is 4.79 Å². The Kier molecular flexibility index (Phi) is 11.9. The summed E-state index contributed by atoms with van der Waals surface area (Å²) in [5.41, 5.74) is 0. The first kappa shape index (κ1) is 28.3. The van der Waals surface area contributed by atoms with Crippen molar-refractivity contribution in [2.24, 2.45) is 0 Å². The number of amides is 1. The average Bonchev–Trinajstić information content (AvgIpc) is 2.78. The Morgan fingerprint density at radius 2 is 1.58 bits per heavy atom. The van der Waals surface area contributed by atoms with Crippen LogP contribution in [0.3, 0.4) is 0 Å². The molecular formula is C22H41NO10. The number of aliphatic hydroxyl groups excluding tert-OH is 5. The lowest BCUT2D eigenvalue weighted by atomic mass is 9.95. The lowest BCUT2D eigenvalue weighted by molar-refractivity contribution is -0.341. The number of rotatable bonds is 12. The largest absolute Gasteiger partial charge is 0.394 e. The predicted molar refractivity (Wildman–Crippen MR) is 116 cm³/mol. The van der Waals surface area contributed by atoms with Crippen LogP contribution in [0.2, 0.25) is 0 Å². The van der Waals surface area contributed by atoms with Crippen LogP contribution >= 0.6 is 0 Å². The topological polar surface area (TPSA) is 167 Å². The molecule has 2 saturated heterocycles. The summed E-state index contributed by atoms with van der Waals surface area (Å²) < 4.78 is 22.9. The third-order valence-corrected chi connectivity index (χ3v) is 6.10. The van der Waals surface area contributed by atoms with E-state index >= 15 is 0 Å². The van der Waals surface area contributed by atoms with E-state index in [0.717, 1.165) is 32.1 Å². The Morgan fingerprint density at radius 1 is 0.909 bits per heavy atom. The molecule has 1 amide bonds. The van der Waals surface area contributed by atoms with E-state index in [-0.39, 0.29) is 0 Å². The Balaban J connectivity index is 2.09. The van der Waals surface area contributed by atoms with Gasteiger partial charge in [0.2, 0.25) is 5.91 Å². The Morgan fingerprint density at radius 3 is 2.21 bits per heavy atom. The zero-order chi connectivity index (χ0) is 24.5. The number of hydrogen-bond donors (Lipinski definition) is 6. The monoisotopic (exact) mass is 479 g/mol. The van der Waals surface area contributed by atoms with E-state index in [1.165, 1.54) is 20.3 Å². The zero-order valence-corrected chi connectivity index (χ0v) is 19.7. The Bertz CT molecular complexity index is 581. The number of nitrogens with one attached hydrogen (secondary N) is 1. The first-order valence-electron chi connectivity index (χ1n) is 11.9. The van der Waals surface area contributed by atoms with Crippen LogP contribution in [-0.2, 0) is 23.7 Å². The predicted octanol–water partition coefficient (Wildman–Crippen LogP) is -0.841. The molecule has 2 rings (SSSR count). The van der Waals surface area contributed by atoms with Crippen molar-refractivity contribution < 1.29 is 49.3 Å². The van der Waals surface area contributed by atoms with Crippen LogP contribution in [-0.4, -0.2) is 106 Å². The summed E-state index contributed by atoms with van der Waals surface area (Å²) in [7, 11) is 0. The van der Waals surface area contributed by atoms with Gasteiger partial charge in [0.1, 0.15) is 42.7 Å². The molecule has 2 fully saturated rings. The molecule has 11 heteroatoms. The van der Waals surface area contributed by atoms with Crippen LogP contribution in [0.25, 0.3) is 0 Å². The van der Waals surface area contributed by atoms with Gasteiger partial charge in [0, 0.05) is 13.5 Å². The Hall–Kier alpha value is -0.890. The van der Waals surface area contributed by atoms with Gasteiger partial charge in [-0.2, -0.15) is 0 Å². The number of unbranched alkanes of at least 4 members (excludes halogenated alkanes) is 5. The maximum Gasteiger partial charge on any atom is 0.217 e. The highest BCUT2D eigenvalue weighted by atomic mass is 16.7. The van der Waals surface area contributed by atoms with Crippen LogP contribution in [0.4, 0.5) is 0 Å². The summed E-state index contributed by atoms with van der Waals surface area (Å²) in [6.45, 7) is 4.76. The zero-order valence-electron chi connectivity index (χ0n) is 19.7. The SMILES string of the molecule is CCCCCCCCO[C@H]1O[C@H](CO)[C@@H](O)[C@H](O[C@@H]2O[C@@H](C)[C@@H](O)[C@@H](O)[C@@H]2O)[C@H]1NC(C)=O. The quantitative estimate of drug-likeness (QED) is 0.194. The van der Waals surface area contributed by atoms with Gasteiger partial charge >= 0.3 is 0 Å². The molecule has 0 saturated carbocycles. The number of hydrogen-bond acceptors (Lipinski definition) is 10. The van der Waals surface area contributed by atoms with Crippen LogP contribution in [0, 0.1) is 0 Å². The molecule has 2 aliphatic heterocycles. The molecule has 2 heterocycles. The normalized spacial score (nSPS) is 39.4. The minimum Gasteiger partial charge on any atom is -0.394 e. The molecule has 6 N–H and O–H groups in total.